The molecular formula is C25H38N2O4S. The van der Waals surface area contributed by atoms with Crippen LogP contribution in [0.25, 0.3) is 0 Å². The van der Waals surface area contributed by atoms with E-state index in [1.165, 1.54) is 12.8 Å². The van der Waals surface area contributed by atoms with Gasteiger partial charge >= 0.3 is 0 Å². The van der Waals surface area contributed by atoms with Crippen molar-refractivity contribution in [1.29, 1.82) is 0 Å². The van der Waals surface area contributed by atoms with E-state index in [1.807, 2.05) is 43.5 Å². The SMILES string of the molecule is CCC=S(=O)(CCCCCC1CCC(=O)NC1=O)N[C@H](C)c1cccc(OCC2CC2)c1. The average molecular weight is 463 g/mol. The molecule has 3 rings (SSSR count). The highest BCUT2D eigenvalue weighted by molar-refractivity contribution is 7.99. The molecule has 3 atom stereocenters. The molecule has 0 spiro atoms. The Labute approximate surface area is 193 Å². The molecule has 0 aromatic heterocycles. The van der Waals surface area contributed by atoms with Gasteiger partial charge < -0.3 is 4.74 Å². The molecule has 32 heavy (non-hydrogen) atoms. The van der Waals surface area contributed by atoms with E-state index in [-0.39, 0.29) is 23.8 Å². The van der Waals surface area contributed by atoms with E-state index in [1.54, 1.807) is 0 Å². The van der Waals surface area contributed by atoms with Crippen LogP contribution in [0, 0.1) is 11.8 Å². The Kier molecular flexibility index (Phi) is 9.17. The number of hydrogen-bond acceptors (Lipinski definition) is 4. The van der Waals surface area contributed by atoms with Crippen molar-refractivity contribution in [2.24, 2.45) is 11.8 Å². The fourth-order valence-corrected chi connectivity index (χ4v) is 6.38. The Balaban J connectivity index is 1.46. The Bertz CT molecular complexity index is 903. The maximum Gasteiger partial charge on any atom is 0.229 e. The largest absolute Gasteiger partial charge is 0.493 e. The third-order valence-electron chi connectivity index (χ3n) is 6.21. The molecule has 1 aromatic rings. The molecule has 7 heteroatoms. The van der Waals surface area contributed by atoms with Gasteiger partial charge in [-0.05, 0) is 74.4 Å². The summed E-state index contributed by atoms with van der Waals surface area (Å²) in [5.41, 5.74) is 1.08. The lowest BCUT2D eigenvalue weighted by Crippen LogP contribution is -2.40. The molecular weight excluding hydrogens is 424 g/mol. The Morgan fingerprint density at radius 2 is 2.03 bits per heavy atom. The van der Waals surface area contributed by atoms with Gasteiger partial charge in [-0.1, -0.05) is 31.9 Å². The summed E-state index contributed by atoms with van der Waals surface area (Å²) in [6.45, 7) is 4.85. The van der Waals surface area contributed by atoms with E-state index in [0.29, 0.717) is 24.5 Å². The van der Waals surface area contributed by atoms with Crippen molar-refractivity contribution >= 4 is 26.9 Å². The number of carbonyl (C=O) groups is 2. The predicted molar refractivity (Wildman–Crippen MR) is 130 cm³/mol. The molecule has 1 aliphatic carbocycles. The quantitative estimate of drug-likeness (QED) is 0.262. The zero-order chi connectivity index (χ0) is 23.0. The van der Waals surface area contributed by atoms with Crippen molar-refractivity contribution in [3.05, 3.63) is 29.8 Å². The van der Waals surface area contributed by atoms with Gasteiger partial charge in [0.15, 0.2) is 0 Å². The van der Waals surface area contributed by atoms with Crippen molar-refractivity contribution < 1.29 is 18.5 Å². The maximum atomic E-state index is 13.5. The Hall–Kier alpha value is -1.86. The summed E-state index contributed by atoms with van der Waals surface area (Å²) < 4.78 is 22.8. The predicted octanol–water partition coefficient (Wildman–Crippen LogP) is 4.15. The molecule has 1 saturated carbocycles. The van der Waals surface area contributed by atoms with Gasteiger partial charge in [-0.2, -0.15) is 0 Å². The summed E-state index contributed by atoms with van der Waals surface area (Å²) in [6.07, 6.45) is 7.82. The van der Waals surface area contributed by atoms with Crippen LogP contribution in [0.4, 0.5) is 0 Å². The minimum atomic E-state index is -2.28. The number of rotatable bonds is 13. The molecule has 0 radical (unpaired) electrons. The topological polar surface area (TPSA) is 84.5 Å². The Morgan fingerprint density at radius 3 is 2.75 bits per heavy atom. The summed E-state index contributed by atoms with van der Waals surface area (Å²) in [5, 5.41) is 4.33. The number of benzene rings is 1. The second-order valence-corrected chi connectivity index (χ2v) is 11.6. The molecule has 2 N–H and O–H groups in total. The average Bonchev–Trinajstić information content (AvgIpc) is 3.58. The molecule has 1 heterocycles. The number of imide groups is 1. The molecule has 1 aliphatic heterocycles. The Morgan fingerprint density at radius 1 is 1.22 bits per heavy atom. The second kappa shape index (κ2) is 11.8. The van der Waals surface area contributed by atoms with Crippen molar-refractivity contribution in [2.75, 3.05) is 12.4 Å². The lowest BCUT2D eigenvalue weighted by Gasteiger charge is -2.21. The summed E-state index contributed by atoms with van der Waals surface area (Å²) >= 11 is 0. The molecule has 0 bridgehead atoms. The van der Waals surface area contributed by atoms with Gasteiger partial charge in [0, 0.05) is 33.8 Å². The highest BCUT2D eigenvalue weighted by atomic mass is 32.2. The van der Waals surface area contributed by atoms with Crippen molar-refractivity contribution in [1.82, 2.24) is 10.0 Å². The maximum absolute atomic E-state index is 13.5. The van der Waals surface area contributed by atoms with Gasteiger partial charge in [-0.25, -0.2) is 4.72 Å². The highest BCUT2D eigenvalue weighted by Gasteiger charge is 2.26. The first kappa shape index (κ1) is 24.8. The third-order valence-corrected chi connectivity index (χ3v) is 8.73. The number of piperidine rings is 1. The summed E-state index contributed by atoms with van der Waals surface area (Å²) in [7, 11) is -2.28. The zero-order valence-corrected chi connectivity index (χ0v) is 20.3. The van der Waals surface area contributed by atoms with Crippen LogP contribution in [0.2, 0.25) is 0 Å². The first-order chi connectivity index (χ1) is 15.4. The van der Waals surface area contributed by atoms with Crippen LogP contribution >= 0.6 is 0 Å². The number of amides is 2. The van der Waals surface area contributed by atoms with E-state index >= 15 is 0 Å². The van der Waals surface area contributed by atoms with Crippen LogP contribution < -0.4 is 14.8 Å². The minimum Gasteiger partial charge on any atom is -0.493 e. The number of hydrogen-bond donors (Lipinski definition) is 2. The molecule has 2 unspecified atom stereocenters. The molecule has 1 saturated heterocycles. The van der Waals surface area contributed by atoms with Crippen LogP contribution in [-0.2, 0) is 19.3 Å². The smallest absolute Gasteiger partial charge is 0.229 e. The van der Waals surface area contributed by atoms with Gasteiger partial charge in [-0.15, -0.1) is 0 Å². The number of carbonyl (C=O) groups excluding carboxylic acids is 2. The second-order valence-electron chi connectivity index (χ2n) is 9.17. The van der Waals surface area contributed by atoms with E-state index in [0.717, 1.165) is 50.0 Å². The molecule has 178 valence electrons. The van der Waals surface area contributed by atoms with Gasteiger partial charge in [-0.3, -0.25) is 19.1 Å². The van der Waals surface area contributed by atoms with Gasteiger partial charge in [0.1, 0.15) is 5.75 Å². The standard InChI is InChI=1S/C25H38N2O4S/c1-3-15-32(30,16-6-4-5-8-21-13-14-24(28)26-25(21)29)27-19(2)22-9-7-10-23(17-22)31-18-20-11-12-20/h7,9-10,15,17,19-21H,3-6,8,11-14,16,18H2,1-2H3,(H,27,30)(H,26,28,29)/t19-,21?,32?/m1/s1. The first-order valence-corrected chi connectivity index (χ1v) is 13.9. The minimum absolute atomic E-state index is 0.0433. The first-order valence-electron chi connectivity index (χ1n) is 12.1. The van der Waals surface area contributed by atoms with Gasteiger partial charge in [0.25, 0.3) is 0 Å². The van der Waals surface area contributed by atoms with Crippen LogP contribution in [-0.4, -0.2) is 33.8 Å². The fourth-order valence-electron chi connectivity index (χ4n) is 4.10. The van der Waals surface area contributed by atoms with Crippen molar-refractivity contribution in [2.45, 2.75) is 77.7 Å². The van der Waals surface area contributed by atoms with Gasteiger partial charge in [0.2, 0.25) is 11.8 Å². The van der Waals surface area contributed by atoms with Crippen molar-refractivity contribution in [3.63, 3.8) is 0 Å². The lowest BCUT2D eigenvalue weighted by atomic mass is 9.92. The zero-order valence-electron chi connectivity index (χ0n) is 19.4. The molecule has 2 fully saturated rings. The lowest BCUT2D eigenvalue weighted by molar-refractivity contribution is -0.136. The molecule has 2 amide bonds. The molecule has 1 aromatic carbocycles. The normalized spacial score (nSPS) is 21.5. The highest BCUT2D eigenvalue weighted by Crippen LogP contribution is 2.30. The summed E-state index contributed by atoms with van der Waals surface area (Å²) in [4.78, 5) is 23.1. The summed E-state index contributed by atoms with van der Waals surface area (Å²) in [5.74, 6) is 1.82. The van der Waals surface area contributed by atoms with Crippen molar-refractivity contribution in [3.8, 4) is 5.75 Å². The van der Waals surface area contributed by atoms with Gasteiger partial charge in [0.05, 0.1) is 6.61 Å². The fraction of sp³-hybridized carbons (Fsp3) is 0.640. The summed E-state index contributed by atoms with van der Waals surface area (Å²) in [6, 6.07) is 8.03. The molecule has 6 nitrogen and oxygen atoms in total. The van der Waals surface area contributed by atoms with Crippen LogP contribution in [0.3, 0.4) is 0 Å². The van der Waals surface area contributed by atoms with Crippen LogP contribution in [0.5, 0.6) is 5.75 Å². The monoisotopic (exact) mass is 462 g/mol. The van der Waals surface area contributed by atoms with E-state index in [4.69, 9.17) is 4.74 Å². The molecule has 2 aliphatic rings. The van der Waals surface area contributed by atoms with Crippen LogP contribution in [0.1, 0.15) is 83.2 Å². The van der Waals surface area contributed by atoms with E-state index < -0.39 is 9.71 Å². The number of nitrogens with one attached hydrogen (secondary N) is 2. The van der Waals surface area contributed by atoms with E-state index in [9.17, 15) is 13.8 Å². The van der Waals surface area contributed by atoms with E-state index in [2.05, 4.69) is 10.0 Å². The number of unbranched alkanes of at least 4 members (excludes halogenated alkanes) is 2. The van der Waals surface area contributed by atoms with Crippen LogP contribution in [0.15, 0.2) is 24.3 Å². The number of ether oxygens (including phenoxy) is 1. The third kappa shape index (κ3) is 7.93.